The molecule has 1 aliphatic carbocycles. The van der Waals surface area contributed by atoms with Gasteiger partial charge in [-0.3, -0.25) is 0 Å². The van der Waals surface area contributed by atoms with Gasteiger partial charge in [0.2, 0.25) is 0 Å². The topological polar surface area (TPSA) is 70.6 Å². The van der Waals surface area contributed by atoms with Crippen LogP contribution in [0.3, 0.4) is 0 Å². The molecule has 7 nitrogen and oxygen atoms in total. The molecule has 25 heavy (non-hydrogen) atoms. The normalized spacial score (nSPS) is 22.6. The van der Waals surface area contributed by atoms with E-state index in [0.29, 0.717) is 12.1 Å². The summed E-state index contributed by atoms with van der Waals surface area (Å²) in [5.74, 6) is 1.03. The Kier molecular flexibility index (Phi) is 5.01. The van der Waals surface area contributed by atoms with Crippen LogP contribution in [0.2, 0.25) is 0 Å². The molecule has 0 radical (unpaired) electrons. The van der Waals surface area contributed by atoms with Crippen molar-refractivity contribution in [3.63, 3.8) is 0 Å². The molecule has 3 heterocycles. The lowest BCUT2D eigenvalue weighted by atomic mass is 10.0. The molecule has 1 N–H and O–H groups in total. The molecule has 2 amide bonds. The summed E-state index contributed by atoms with van der Waals surface area (Å²) in [6.07, 6.45) is 9.78. The summed E-state index contributed by atoms with van der Waals surface area (Å²) in [5, 5.41) is 3.17. The van der Waals surface area contributed by atoms with Gasteiger partial charge in [0.05, 0.1) is 0 Å². The van der Waals surface area contributed by atoms with Crippen LogP contribution in [0, 0.1) is 0 Å². The second-order valence-electron chi connectivity index (χ2n) is 7.26. The van der Waals surface area contributed by atoms with E-state index in [-0.39, 0.29) is 12.1 Å². The van der Waals surface area contributed by atoms with Crippen molar-refractivity contribution in [1.29, 1.82) is 0 Å². The number of carbonyl (C=O) groups is 1. The molecule has 3 fully saturated rings. The average molecular weight is 345 g/mol. The summed E-state index contributed by atoms with van der Waals surface area (Å²) in [4.78, 5) is 25.4. The zero-order chi connectivity index (χ0) is 17.1. The molecule has 2 saturated heterocycles. The Balaban J connectivity index is 1.32. The predicted molar refractivity (Wildman–Crippen MR) is 94.5 cm³/mol. The summed E-state index contributed by atoms with van der Waals surface area (Å²) in [7, 11) is 0. The third-order valence-corrected chi connectivity index (χ3v) is 5.47. The minimum absolute atomic E-state index is 0.0883. The van der Waals surface area contributed by atoms with Crippen molar-refractivity contribution in [3.05, 3.63) is 18.6 Å². The minimum atomic E-state index is 0.0883. The number of aromatic nitrogens is 2. The second-order valence-corrected chi connectivity index (χ2v) is 7.26. The fourth-order valence-corrected chi connectivity index (χ4v) is 3.92. The number of piperidine rings is 1. The maximum Gasteiger partial charge on any atom is 0.317 e. The third-order valence-electron chi connectivity index (χ3n) is 5.47. The Hall–Kier alpha value is -1.89. The Morgan fingerprint density at radius 2 is 1.84 bits per heavy atom. The van der Waals surface area contributed by atoms with Gasteiger partial charge in [-0.2, -0.15) is 0 Å². The molecule has 2 aliphatic heterocycles. The first-order chi connectivity index (χ1) is 12.3. The van der Waals surface area contributed by atoms with Gasteiger partial charge in [0.25, 0.3) is 0 Å². The molecule has 0 bridgehead atoms. The van der Waals surface area contributed by atoms with Crippen molar-refractivity contribution >= 4 is 11.8 Å². The monoisotopic (exact) mass is 345 g/mol. The Bertz CT molecular complexity index is 566. The Labute approximate surface area is 148 Å². The van der Waals surface area contributed by atoms with Crippen molar-refractivity contribution in [2.45, 2.75) is 56.7 Å². The van der Waals surface area contributed by atoms with Gasteiger partial charge < -0.3 is 19.9 Å². The summed E-state index contributed by atoms with van der Waals surface area (Å²) in [6.45, 7) is 3.13. The van der Waals surface area contributed by atoms with Crippen LogP contribution in [0.1, 0.15) is 38.5 Å². The van der Waals surface area contributed by atoms with Crippen molar-refractivity contribution in [2.24, 2.45) is 0 Å². The average Bonchev–Trinajstić information content (AvgIpc) is 3.49. The minimum Gasteiger partial charge on any atom is -0.381 e. The van der Waals surface area contributed by atoms with Gasteiger partial charge in [0.15, 0.2) is 0 Å². The molecular formula is C18H27N5O2. The van der Waals surface area contributed by atoms with Gasteiger partial charge in [-0.05, 0) is 44.6 Å². The zero-order valence-electron chi connectivity index (χ0n) is 14.6. The number of rotatable bonds is 4. The molecule has 1 aromatic heterocycles. The third kappa shape index (κ3) is 4.03. The molecule has 0 atom stereocenters. The smallest absolute Gasteiger partial charge is 0.317 e. The largest absolute Gasteiger partial charge is 0.381 e. The molecule has 0 aromatic carbocycles. The maximum atomic E-state index is 12.5. The van der Waals surface area contributed by atoms with E-state index in [1.54, 1.807) is 6.33 Å². The zero-order valence-corrected chi connectivity index (χ0v) is 14.6. The second kappa shape index (κ2) is 7.56. The van der Waals surface area contributed by atoms with E-state index in [1.165, 1.54) is 12.8 Å². The van der Waals surface area contributed by atoms with Crippen molar-refractivity contribution in [2.75, 3.05) is 31.2 Å². The summed E-state index contributed by atoms with van der Waals surface area (Å²) in [5.41, 5.74) is 0. The highest BCUT2D eigenvalue weighted by Crippen LogP contribution is 2.35. The highest BCUT2D eigenvalue weighted by Gasteiger charge is 2.37. The van der Waals surface area contributed by atoms with E-state index < -0.39 is 0 Å². The molecule has 136 valence electrons. The number of amides is 2. The molecule has 0 spiro atoms. The Morgan fingerprint density at radius 3 is 2.48 bits per heavy atom. The number of anilines is 1. The van der Waals surface area contributed by atoms with E-state index >= 15 is 0 Å². The van der Waals surface area contributed by atoms with Gasteiger partial charge in [-0.15, -0.1) is 0 Å². The fourth-order valence-electron chi connectivity index (χ4n) is 3.92. The predicted octanol–water partition coefficient (Wildman–Crippen LogP) is 1.80. The van der Waals surface area contributed by atoms with Crippen LogP contribution in [-0.2, 0) is 4.74 Å². The number of carbonyl (C=O) groups excluding carboxylic acids is 1. The molecule has 3 aliphatic rings. The number of ether oxygens (including phenoxy) is 1. The highest BCUT2D eigenvalue weighted by atomic mass is 16.5. The molecular weight excluding hydrogens is 318 g/mol. The maximum absolute atomic E-state index is 12.5. The van der Waals surface area contributed by atoms with E-state index in [0.717, 1.165) is 57.8 Å². The number of nitrogens with zero attached hydrogens (tertiary/aromatic N) is 4. The van der Waals surface area contributed by atoms with E-state index in [4.69, 9.17) is 4.74 Å². The first-order valence-electron chi connectivity index (χ1n) is 9.49. The van der Waals surface area contributed by atoms with Gasteiger partial charge >= 0.3 is 6.03 Å². The lowest BCUT2D eigenvalue weighted by molar-refractivity contribution is 0.0774. The van der Waals surface area contributed by atoms with E-state index in [1.807, 2.05) is 17.2 Å². The number of urea groups is 1. The lowest BCUT2D eigenvalue weighted by Gasteiger charge is -2.39. The summed E-state index contributed by atoms with van der Waals surface area (Å²) in [6, 6.07) is 3.44. The number of hydrogen-bond donors (Lipinski definition) is 1. The first-order valence-corrected chi connectivity index (χ1v) is 9.49. The van der Waals surface area contributed by atoms with E-state index in [9.17, 15) is 4.79 Å². The fraction of sp³-hybridized carbons (Fsp3) is 0.722. The summed E-state index contributed by atoms with van der Waals surface area (Å²) >= 11 is 0. The first kappa shape index (κ1) is 16.6. The molecule has 7 heteroatoms. The number of nitrogens with one attached hydrogen (secondary N) is 1. The SMILES string of the molecule is O=C(NC1CCOCC1)N1CCC(N(c2ccncn2)C2CC2)CC1. The van der Waals surface area contributed by atoms with Crippen molar-refractivity contribution in [3.8, 4) is 0 Å². The van der Waals surface area contributed by atoms with Gasteiger partial charge in [-0.25, -0.2) is 14.8 Å². The van der Waals surface area contributed by atoms with Crippen LogP contribution in [0.5, 0.6) is 0 Å². The van der Waals surface area contributed by atoms with Crippen LogP contribution in [-0.4, -0.2) is 65.3 Å². The quantitative estimate of drug-likeness (QED) is 0.901. The molecule has 0 unspecified atom stereocenters. The Morgan fingerprint density at radius 1 is 1.12 bits per heavy atom. The number of hydrogen-bond acceptors (Lipinski definition) is 5. The van der Waals surface area contributed by atoms with E-state index in [2.05, 4.69) is 20.2 Å². The van der Waals surface area contributed by atoms with Crippen LogP contribution < -0.4 is 10.2 Å². The van der Waals surface area contributed by atoms with Gasteiger partial charge in [-0.1, -0.05) is 0 Å². The summed E-state index contributed by atoms with van der Waals surface area (Å²) < 4.78 is 5.36. The van der Waals surface area contributed by atoms with Gasteiger partial charge in [0, 0.05) is 50.6 Å². The standard InChI is InChI=1S/C18H27N5O2/c24-18(21-14-6-11-25-12-7-14)22-9-4-16(5-10-22)23(15-1-2-15)17-3-8-19-13-20-17/h3,8,13-16H,1-2,4-7,9-12H2,(H,21,24). The van der Waals surface area contributed by atoms with Crippen molar-refractivity contribution in [1.82, 2.24) is 20.2 Å². The van der Waals surface area contributed by atoms with Crippen LogP contribution in [0.25, 0.3) is 0 Å². The number of likely N-dealkylation sites (tertiary alicyclic amines) is 1. The molecule has 1 saturated carbocycles. The van der Waals surface area contributed by atoms with Crippen LogP contribution in [0.4, 0.5) is 10.6 Å². The highest BCUT2D eigenvalue weighted by molar-refractivity contribution is 5.74. The lowest BCUT2D eigenvalue weighted by Crippen LogP contribution is -2.52. The van der Waals surface area contributed by atoms with Gasteiger partial charge in [0.1, 0.15) is 12.1 Å². The van der Waals surface area contributed by atoms with Crippen molar-refractivity contribution < 1.29 is 9.53 Å². The molecule has 4 rings (SSSR count). The van der Waals surface area contributed by atoms with Crippen LogP contribution >= 0.6 is 0 Å². The van der Waals surface area contributed by atoms with Crippen LogP contribution in [0.15, 0.2) is 18.6 Å². The molecule has 1 aromatic rings.